The van der Waals surface area contributed by atoms with Crippen molar-refractivity contribution in [2.24, 2.45) is 0 Å². The molecule has 0 bridgehead atoms. The molecule has 3 rings (SSSR count). The van der Waals surface area contributed by atoms with Gasteiger partial charge in [0.1, 0.15) is 0 Å². The van der Waals surface area contributed by atoms with Crippen molar-refractivity contribution in [1.82, 2.24) is 10.2 Å². The molecule has 6 heteroatoms. The van der Waals surface area contributed by atoms with Gasteiger partial charge in [0.05, 0.1) is 5.92 Å². The summed E-state index contributed by atoms with van der Waals surface area (Å²) in [4.78, 5) is 14.8. The first-order valence-corrected chi connectivity index (χ1v) is 9.70. The number of amides is 1. The molecular weight excluding hydrogens is 365 g/mol. The number of carbonyl (C=O) groups is 1. The smallest absolute Gasteiger partial charge is 0.230 e. The number of rotatable bonds is 6. The first kappa shape index (κ1) is 20.4. The topological polar surface area (TPSA) is 32.3 Å². The Morgan fingerprint density at radius 2 is 1.71 bits per heavy atom. The monoisotopic (exact) mass is 390 g/mol. The lowest BCUT2D eigenvalue weighted by molar-refractivity contribution is -0.134. The van der Waals surface area contributed by atoms with Crippen molar-refractivity contribution in [3.8, 4) is 0 Å². The summed E-state index contributed by atoms with van der Waals surface area (Å²) in [6, 6.07) is 12.0. The molecule has 3 nitrogen and oxygen atoms in total. The van der Waals surface area contributed by atoms with E-state index in [-0.39, 0.29) is 24.4 Å². The fourth-order valence-corrected chi connectivity index (χ4v) is 3.73. The van der Waals surface area contributed by atoms with E-state index in [2.05, 4.69) is 5.32 Å². The number of hydrogen-bond donors (Lipinski definition) is 1. The quantitative estimate of drug-likeness (QED) is 0.743. The lowest BCUT2D eigenvalue weighted by Crippen LogP contribution is -2.46. The predicted octanol–water partition coefficient (Wildman–Crippen LogP) is 4.38. The summed E-state index contributed by atoms with van der Waals surface area (Å²) >= 11 is 0. The number of benzene rings is 2. The molecule has 1 aliphatic rings. The van der Waals surface area contributed by atoms with E-state index in [1.807, 2.05) is 42.2 Å². The van der Waals surface area contributed by atoms with Crippen LogP contribution in [0.3, 0.4) is 0 Å². The number of likely N-dealkylation sites (tertiary alicyclic amines) is 1. The normalized spacial score (nSPS) is 16.2. The second kappa shape index (κ2) is 9.24. The van der Waals surface area contributed by atoms with Crippen LogP contribution in [-0.4, -0.2) is 29.9 Å². The molecule has 0 aromatic heterocycles. The van der Waals surface area contributed by atoms with Crippen molar-refractivity contribution in [3.05, 3.63) is 71.0 Å². The molecule has 2 aromatic rings. The summed E-state index contributed by atoms with van der Waals surface area (Å²) < 4.78 is 39.6. The van der Waals surface area contributed by atoms with Crippen molar-refractivity contribution in [2.45, 2.75) is 44.7 Å². The van der Waals surface area contributed by atoms with Crippen LogP contribution in [0.1, 0.15) is 43.2 Å². The fourth-order valence-electron chi connectivity index (χ4n) is 3.73. The van der Waals surface area contributed by atoms with Crippen LogP contribution in [0, 0.1) is 17.5 Å². The number of nitrogens with zero attached hydrogens (tertiary/aromatic N) is 1. The van der Waals surface area contributed by atoms with E-state index in [0.29, 0.717) is 18.7 Å². The van der Waals surface area contributed by atoms with E-state index < -0.39 is 17.5 Å². The molecular formula is C22H25F3N2O. The van der Waals surface area contributed by atoms with Gasteiger partial charge in [-0.1, -0.05) is 37.3 Å². The van der Waals surface area contributed by atoms with Crippen LogP contribution in [0.25, 0.3) is 0 Å². The van der Waals surface area contributed by atoms with Gasteiger partial charge in [-0.05, 0) is 42.5 Å². The molecule has 1 heterocycles. The Morgan fingerprint density at radius 3 is 2.29 bits per heavy atom. The van der Waals surface area contributed by atoms with Gasteiger partial charge in [-0.25, -0.2) is 13.2 Å². The van der Waals surface area contributed by atoms with E-state index >= 15 is 0 Å². The third-order valence-electron chi connectivity index (χ3n) is 5.35. The van der Waals surface area contributed by atoms with Crippen LogP contribution in [0.4, 0.5) is 13.2 Å². The highest BCUT2D eigenvalue weighted by Crippen LogP contribution is 2.24. The Morgan fingerprint density at radius 1 is 1.11 bits per heavy atom. The summed E-state index contributed by atoms with van der Waals surface area (Å²) in [6.45, 7) is 3.57. The molecule has 1 N–H and O–H groups in total. The van der Waals surface area contributed by atoms with Gasteiger partial charge in [0, 0.05) is 25.7 Å². The molecule has 1 atom stereocenters. The van der Waals surface area contributed by atoms with E-state index in [1.54, 1.807) is 0 Å². The Hall–Kier alpha value is -2.34. The van der Waals surface area contributed by atoms with Gasteiger partial charge in [0.15, 0.2) is 17.5 Å². The average molecular weight is 390 g/mol. The maximum absolute atomic E-state index is 13.3. The van der Waals surface area contributed by atoms with Crippen LogP contribution < -0.4 is 5.32 Å². The molecule has 2 aromatic carbocycles. The minimum Gasteiger partial charge on any atom is -0.342 e. The minimum atomic E-state index is -1.44. The summed E-state index contributed by atoms with van der Waals surface area (Å²) in [6.07, 6.45) is 2.29. The standard InChI is InChI=1S/C22H25F3N2O/c1-2-18(16-6-4-3-5-7-16)22(28)27-10-8-17(9-11-27)26-14-15-12-19(23)21(25)20(24)13-15/h3-7,12-13,17-18,26H,2,8-11,14H2,1H3. The number of piperidine rings is 1. The van der Waals surface area contributed by atoms with Gasteiger partial charge in [-0.3, -0.25) is 4.79 Å². The van der Waals surface area contributed by atoms with Crippen molar-refractivity contribution in [3.63, 3.8) is 0 Å². The molecule has 0 aliphatic carbocycles. The summed E-state index contributed by atoms with van der Waals surface area (Å²) in [5.74, 6) is -3.78. The Balaban J connectivity index is 1.52. The van der Waals surface area contributed by atoms with E-state index in [0.717, 1.165) is 37.0 Å². The highest BCUT2D eigenvalue weighted by Gasteiger charge is 2.28. The van der Waals surface area contributed by atoms with E-state index in [4.69, 9.17) is 0 Å². The zero-order valence-electron chi connectivity index (χ0n) is 15.9. The second-order valence-corrected chi connectivity index (χ2v) is 7.23. The molecule has 1 aliphatic heterocycles. The summed E-state index contributed by atoms with van der Waals surface area (Å²) in [5, 5.41) is 3.25. The van der Waals surface area contributed by atoms with Gasteiger partial charge in [-0.2, -0.15) is 0 Å². The lowest BCUT2D eigenvalue weighted by atomic mass is 9.93. The molecule has 150 valence electrons. The highest BCUT2D eigenvalue weighted by atomic mass is 19.2. The van der Waals surface area contributed by atoms with Gasteiger partial charge < -0.3 is 10.2 Å². The summed E-state index contributed by atoms with van der Waals surface area (Å²) in [5.41, 5.74) is 1.40. The first-order chi connectivity index (χ1) is 13.5. The molecule has 1 saturated heterocycles. The van der Waals surface area contributed by atoms with Gasteiger partial charge >= 0.3 is 0 Å². The Kier molecular flexibility index (Phi) is 6.73. The van der Waals surface area contributed by atoms with Crippen molar-refractivity contribution in [2.75, 3.05) is 13.1 Å². The van der Waals surface area contributed by atoms with Crippen molar-refractivity contribution >= 4 is 5.91 Å². The Bertz CT molecular complexity index is 782. The largest absolute Gasteiger partial charge is 0.342 e. The number of halogens is 3. The molecule has 0 spiro atoms. The number of carbonyl (C=O) groups excluding carboxylic acids is 1. The van der Waals surface area contributed by atoms with Crippen molar-refractivity contribution in [1.29, 1.82) is 0 Å². The van der Waals surface area contributed by atoms with Crippen LogP contribution in [-0.2, 0) is 11.3 Å². The second-order valence-electron chi connectivity index (χ2n) is 7.23. The number of hydrogen-bond acceptors (Lipinski definition) is 2. The zero-order chi connectivity index (χ0) is 20.1. The van der Waals surface area contributed by atoms with E-state index in [9.17, 15) is 18.0 Å². The highest BCUT2D eigenvalue weighted by molar-refractivity contribution is 5.83. The van der Waals surface area contributed by atoms with Crippen LogP contribution in [0.5, 0.6) is 0 Å². The summed E-state index contributed by atoms with van der Waals surface area (Å²) in [7, 11) is 0. The van der Waals surface area contributed by atoms with Gasteiger partial charge in [0.2, 0.25) is 5.91 Å². The van der Waals surface area contributed by atoms with Crippen molar-refractivity contribution < 1.29 is 18.0 Å². The molecule has 1 unspecified atom stereocenters. The van der Waals surface area contributed by atoms with Crippen LogP contribution in [0.2, 0.25) is 0 Å². The van der Waals surface area contributed by atoms with E-state index in [1.165, 1.54) is 0 Å². The third-order valence-corrected chi connectivity index (χ3v) is 5.35. The predicted molar refractivity (Wildman–Crippen MR) is 102 cm³/mol. The number of nitrogens with one attached hydrogen (secondary N) is 1. The van der Waals surface area contributed by atoms with Gasteiger partial charge in [-0.15, -0.1) is 0 Å². The minimum absolute atomic E-state index is 0.129. The maximum atomic E-state index is 13.3. The van der Waals surface area contributed by atoms with Crippen LogP contribution >= 0.6 is 0 Å². The molecule has 1 fully saturated rings. The molecule has 0 saturated carbocycles. The average Bonchev–Trinajstić information content (AvgIpc) is 2.72. The molecule has 28 heavy (non-hydrogen) atoms. The third kappa shape index (κ3) is 4.73. The first-order valence-electron chi connectivity index (χ1n) is 9.70. The van der Waals surface area contributed by atoms with Crippen LogP contribution in [0.15, 0.2) is 42.5 Å². The zero-order valence-corrected chi connectivity index (χ0v) is 15.9. The molecule has 0 radical (unpaired) electrons. The molecule has 1 amide bonds. The SMILES string of the molecule is CCC(C(=O)N1CCC(NCc2cc(F)c(F)c(F)c2)CC1)c1ccccc1. The van der Waals surface area contributed by atoms with Gasteiger partial charge in [0.25, 0.3) is 0 Å². The maximum Gasteiger partial charge on any atom is 0.230 e. The lowest BCUT2D eigenvalue weighted by Gasteiger charge is -2.34. The Labute approximate surface area is 163 Å². The fraction of sp³-hybridized carbons (Fsp3) is 0.409.